The van der Waals surface area contributed by atoms with Crippen molar-refractivity contribution in [2.45, 2.75) is 46.7 Å². The SMILES string of the molecule is CC=CCc1nn(CCC(C)C)c(=O)n1Cc1ccc(-c2cccc(-c3nn[nH]n3)c2)cc1. The molecule has 0 spiro atoms. The van der Waals surface area contributed by atoms with Crippen LogP contribution in [0.25, 0.3) is 22.5 Å². The highest BCUT2D eigenvalue weighted by atomic mass is 16.2. The van der Waals surface area contributed by atoms with Crippen LogP contribution in [0, 0.1) is 5.92 Å². The Kier molecular flexibility index (Phi) is 6.92. The van der Waals surface area contributed by atoms with Crippen molar-refractivity contribution in [1.82, 2.24) is 35.0 Å². The van der Waals surface area contributed by atoms with Gasteiger partial charge < -0.3 is 0 Å². The van der Waals surface area contributed by atoms with Crippen molar-refractivity contribution in [3.05, 3.63) is 82.6 Å². The summed E-state index contributed by atoms with van der Waals surface area (Å²) < 4.78 is 3.39. The Balaban J connectivity index is 1.57. The molecule has 33 heavy (non-hydrogen) atoms. The fourth-order valence-corrected chi connectivity index (χ4v) is 3.65. The van der Waals surface area contributed by atoms with E-state index >= 15 is 0 Å². The second kappa shape index (κ2) is 10.2. The van der Waals surface area contributed by atoms with E-state index in [9.17, 15) is 4.79 Å². The Morgan fingerprint density at radius 3 is 2.55 bits per heavy atom. The van der Waals surface area contributed by atoms with Gasteiger partial charge >= 0.3 is 5.69 Å². The van der Waals surface area contributed by atoms with E-state index in [1.54, 1.807) is 9.25 Å². The van der Waals surface area contributed by atoms with E-state index in [0.717, 1.165) is 34.5 Å². The number of H-pyrrole nitrogens is 1. The van der Waals surface area contributed by atoms with Crippen LogP contribution in [0.3, 0.4) is 0 Å². The van der Waals surface area contributed by atoms with Crippen LogP contribution < -0.4 is 5.69 Å². The van der Waals surface area contributed by atoms with Crippen LogP contribution in [0.15, 0.2) is 65.5 Å². The Labute approximate surface area is 193 Å². The van der Waals surface area contributed by atoms with Gasteiger partial charge in [0.2, 0.25) is 5.82 Å². The zero-order valence-corrected chi connectivity index (χ0v) is 19.3. The maximum atomic E-state index is 13.0. The summed E-state index contributed by atoms with van der Waals surface area (Å²) >= 11 is 0. The molecular weight excluding hydrogens is 414 g/mol. The summed E-state index contributed by atoms with van der Waals surface area (Å²) in [7, 11) is 0. The van der Waals surface area contributed by atoms with Gasteiger partial charge in [0.25, 0.3) is 0 Å². The second-order valence-electron chi connectivity index (χ2n) is 8.48. The molecule has 2 aromatic carbocycles. The predicted molar refractivity (Wildman–Crippen MR) is 129 cm³/mol. The molecule has 0 unspecified atom stereocenters. The highest BCUT2D eigenvalue weighted by Gasteiger charge is 2.13. The van der Waals surface area contributed by atoms with E-state index in [-0.39, 0.29) is 5.69 Å². The number of nitrogens with one attached hydrogen (secondary N) is 1. The largest absolute Gasteiger partial charge is 0.346 e. The number of aromatic amines is 1. The summed E-state index contributed by atoms with van der Waals surface area (Å²) in [6, 6.07) is 16.3. The van der Waals surface area contributed by atoms with Gasteiger partial charge in [-0.25, -0.2) is 9.48 Å². The first-order chi connectivity index (χ1) is 16.0. The molecule has 0 aliphatic rings. The van der Waals surface area contributed by atoms with Gasteiger partial charge in [0.05, 0.1) is 6.54 Å². The van der Waals surface area contributed by atoms with Crippen molar-refractivity contribution >= 4 is 0 Å². The molecule has 0 saturated carbocycles. The lowest BCUT2D eigenvalue weighted by Crippen LogP contribution is -2.26. The van der Waals surface area contributed by atoms with Gasteiger partial charge in [-0.05, 0) is 47.2 Å². The molecule has 0 aliphatic carbocycles. The lowest BCUT2D eigenvalue weighted by Gasteiger charge is -2.07. The highest BCUT2D eigenvalue weighted by molar-refractivity contribution is 5.70. The third-order valence-electron chi connectivity index (χ3n) is 5.55. The number of hydrogen-bond acceptors (Lipinski definition) is 5. The molecule has 0 amide bonds. The van der Waals surface area contributed by atoms with Gasteiger partial charge in [0.15, 0.2) is 0 Å². The van der Waals surface area contributed by atoms with Crippen molar-refractivity contribution in [1.29, 1.82) is 0 Å². The number of rotatable bonds is 9. The summed E-state index contributed by atoms with van der Waals surface area (Å²) in [5, 5.41) is 18.8. The third-order valence-corrected chi connectivity index (χ3v) is 5.55. The van der Waals surface area contributed by atoms with E-state index in [1.807, 2.05) is 37.3 Å². The average Bonchev–Trinajstić information content (AvgIpc) is 3.46. The second-order valence-corrected chi connectivity index (χ2v) is 8.48. The van der Waals surface area contributed by atoms with Gasteiger partial charge in [-0.15, -0.1) is 10.2 Å². The third kappa shape index (κ3) is 5.34. The standard InChI is InChI=1S/C25H29N7O/c1-4-5-9-23-28-32(15-14-18(2)3)25(33)31(23)17-19-10-12-20(13-11-19)21-7-6-8-22(16-21)24-26-29-30-27-24/h4-8,10-13,16,18H,9,14-15,17H2,1-3H3,(H,26,27,29,30). The Hall–Kier alpha value is -3.81. The van der Waals surface area contributed by atoms with Crippen molar-refractivity contribution < 1.29 is 0 Å². The monoisotopic (exact) mass is 443 g/mol. The summed E-state index contributed by atoms with van der Waals surface area (Å²) in [5.41, 5.74) is 4.06. The zero-order valence-electron chi connectivity index (χ0n) is 19.3. The summed E-state index contributed by atoms with van der Waals surface area (Å²) in [4.78, 5) is 13.0. The molecule has 8 nitrogen and oxygen atoms in total. The Bertz CT molecular complexity index is 1270. The van der Waals surface area contributed by atoms with Crippen LogP contribution in [-0.2, 0) is 19.5 Å². The zero-order chi connectivity index (χ0) is 23.2. The number of aromatic nitrogens is 7. The molecule has 0 bridgehead atoms. The molecule has 1 N–H and O–H groups in total. The van der Waals surface area contributed by atoms with Gasteiger partial charge in [-0.1, -0.05) is 68.5 Å². The molecule has 8 heteroatoms. The van der Waals surface area contributed by atoms with Crippen LogP contribution in [0.5, 0.6) is 0 Å². The van der Waals surface area contributed by atoms with Crippen molar-refractivity contribution in [3.8, 4) is 22.5 Å². The average molecular weight is 444 g/mol. The summed E-state index contributed by atoms with van der Waals surface area (Å²) in [6.45, 7) is 7.42. The number of nitrogens with zero attached hydrogens (tertiary/aromatic N) is 6. The van der Waals surface area contributed by atoms with Crippen LogP contribution in [0.4, 0.5) is 0 Å². The van der Waals surface area contributed by atoms with E-state index in [1.165, 1.54) is 0 Å². The predicted octanol–water partition coefficient (Wildman–Crippen LogP) is 4.10. The quantitative estimate of drug-likeness (QED) is 0.393. The van der Waals surface area contributed by atoms with E-state index < -0.39 is 0 Å². The minimum atomic E-state index is -0.0490. The van der Waals surface area contributed by atoms with Gasteiger partial charge in [-0.2, -0.15) is 10.3 Å². The molecule has 0 aliphatic heterocycles. The molecule has 170 valence electrons. The van der Waals surface area contributed by atoms with E-state index in [2.05, 4.69) is 69.9 Å². The van der Waals surface area contributed by atoms with E-state index in [4.69, 9.17) is 0 Å². The molecule has 0 fully saturated rings. The first kappa shape index (κ1) is 22.4. The lowest BCUT2D eigenvalue weighted by atomic mass is 10.0. The summed E-state index contributed by atoms with van der Waals surface area (Å²) in [5.74, 6) is 1.88. The molecule has 0 radical (unpaired) electrons. The topological polar surface area (TPSA) is 94.3 Å². The fraction of sp³-hybridized carbons (Fsp3) is 0.320. The van der Waals surface area contributed by atoms with Crippen LogP contribution in [0.2, 0.25) is 0 Å². The van der Waals surface area contributed by atoms with Gasteiger partial charge in [0.1, 0.15) is 5.82 Å². The normalized spacial score (nSPS) is 11.6. The lowest BCUT2D eigenvalue weighted by molar-refractivity contribution is 0.473. The maximum absolute atomic E-state index is 13.0. The molecular formula is C25H29N7O. The highest BCUT2D eigenvalue weighted by Crippen LogP contribution is 2.24. The Morgan fingerprint density at radius 2 is 1.85 bits per heavy atom. The Morgan fingerprint density at radius 1 is 1.06 bits per heavy atom. The van der Waals surface area contributed by atoms with Crippen molar-refractivity contribution in [2.75, 3.05) is 0 Å². The van der Waals surface area contributed by atoms with Crippen molar-refractivity contribution in [3.63, 3.8) is 0 Å². The molecule has 0 saturated heterocycles. The van der Waals surface area contributed by atoms with Gasteiger partial charge in [0, 0.05) is 18.5 Å². The number of aryl methyl sites for hydroxylation is 1. The minimum Gasteiger partial charge on any atom is -0.274 e. The number of hydrogen-bond donors (Lipinski definition) is 1. The number of tetrazole rings is 1. The first-order valence-electron chi connectivity index (χ1n) is 11.3. The van der Waals surface area contributed by atoms with E-state index in [0.29, 0.717) is 31.3 Å². The smallest absolute Gasteiger partial charge is 0.274 e. The molecule has 4 rings (SSSR count). The van der Waals surface area contributed by atoms with Crippen LogP contribution in [0.1, 0.15) is 38.6 Å². The van der Waals surface area contributed by atoms with Gasteiger partial charge in [-0.3, -0.25) is 4.57 Å². The number of allylic oxidation sites excluding steroid dienone is 2. The maximum Gasteiger partial charge on any atom is 0.346 e. The first-order valence-corrected chi connectivity index (χ1v) is 11.3. The molecule has 2 heterocycles. The van der Waals surface area contributed by atoms with Crippen LogP contribution in [-0.4, -0.2) is 35.0 Å². The molecule has 4 aromatic rings. The van der Waals surface area contributed by atoms with Crippen molar-refractivity contribution in [2.24, 2.45) is 5.92 Å². The van der Waals surface area contributed by atoms with Crippen LogP contribution >= 0.6 is 0 Å². The molecule has 2 aromatic heterocycles. The minimum absolute atomic E-state index is 0.0490. The molecule has 0 atom stereocenters. The number of benzene rings is 2. The summed E-state index contributed by atoms with van der Waals surface area (Å²) in [6.07, 6.45) is 5.59. The fourth-order valence-electron chi connectivity index (χ4n) is 3.65.